The maximum atomic E-state index is 12.4. The zero-order valence-corrected chi connectivity index (χ0v) is 8.92. The summed E-state index contributed by atoms with van der Waals surface area (Å²) in [6.45, 7) is 0. The summed E-state index contributed by atoms with van der Waals surface area (Å²) < 4.78 is 24.8. The number of halogens is 3. The van der Waals surface area contributed by atoms with Crippen molar-refractivity contribution in [2.75, 3.05) is 0 Å². The molecule has 0 N–H and O–H groups in total. The topological polar surface area (TPSA) is 60.5 Å². The van der Waals surface area contributed by atoms with E-state index in [4.69, 9.17) is 10.5 Å². The molecule has 1 aromatic heterocycles. The van der Waals surface area contributed by atoms with Gasteiger partial charge in [-0.3, -0.25) is 4.98 Å². The number of alkyl halides is 2. The van der Waals surface area contributed by atoms with Crippen molar-refractivity contribution in [2.24, 2.45) is 0 Å². The van der Waals surface area contributed by atoms with Gasteiger partial charge in [-0.1, -0.05) is 0 Å². The SMILES string of the molecule is N#CCc1cnc(C(F)F)c(Br)c1C#N. The van der Waals surface area contributed by atoms with Crippen molar-refractivity contribution in [3.05, 3.63) is 27.5 Å². The number of rotatable bonds is 2. The molecular weight excluding hydrogens is 268 g/mol. The molecule has 15 heavy (non-hydrogen) atoms. The molecule has 6 heteroatoms. The molecule has 3 nitrogen and oxygen atoms in total. The minimum absolute atomic E-state index is 0.0298. The van der Waals surface area contributed by atoms with Crippen LogP contribution in [0.15, 0.2) is 10.7 Å². The normalized spacial score (nSPS) is 9.73. The molecule has 76 valence electrons. The summed E-state index contributed by atoms with van der Waals surface area (Å²) in [5.41, 5.74) is -0.0913. The van der Waals surface area contributed by atoms with Gasteiger partial charge >= 0.3 is 0 Å². The van der Waals surface area contributed by atoms with Crippen LogP contribution in [0, 0.1) is 22.7 Å². The Hall–Kier alpha value is -1.53. The lowest BCUT2D eigenvalue weighted by molar-refractivity contribution is 0.145. The van der Waals surface area contributed by atoms with Gasteiger partial charge in [0, 0.05) is 11.8 Å². The van der Waals surface area contributed by atoms with Gasteiger partial charge in [0.1, 0.15) is 11.8 Å². The lowest BCUT2D eigenvalue weighted by Gasteiger charge is -2.06. The van der Waals surface area contributed by atoms with E-state index in [1.807, 2.05) is 6.07 Å². The molecule has 1 heterocycles. The summed E-state index contributed by atoms with van der Waals surface area (Å²) in [4.78, 5) is 3.51. The fourth-order valence-corrected chi connectivity index (χ4v) is 1.65. The van der Waals surface area contributed by atoms with Crippen molar-refractivity contribution >= 4 is 15.9 Å². The van der Waals surface area contributed by atoms with Gasteiger partial charge in [-0.25, -0.2) is 8.78 Å². The number of hydrogen-bond donors (Lipinski definition) is 0. The number of nitrogens with zero attached hydrogens (tertiary/aromatic N) is 3. The number of nitriles is 2. The van der Waals surface area contributed by atoms with Crippen LogP contribution in [0.1, 0.15) is 23.2 Å². The van der Waals surface area contributed by atoms with E-state index in [1.54, 1.807) is 6.07 Å². The molecule has 0 unspecified atom stereocenters. The minimum Gasteiger partial charge on any atom is -0.254 e. The molecule has 0 amide bonds. The Morgan fingerprint density at radius 3 is 2.60 bits per heavy atom. The quantitative estimate of drug-likeness (QED) is 0.831. The fraction of sp³-hybridized carbons (Fsp3) is 0.222. The predicted octanol–water partition coefficient (Wildman–Crippen LogP) is 2.72. The van der Waals surface area contributed by atoms with E-state index < -0.39 is 12.1 Å². The third-order valence-electron chi connectivity index (χ3n) is 1.71. The van der Waals surface area contributed by atoms with E-state index in [1.165, 1.54) is 0 Å². The first-order valence-corrected chi connectivity index (χ1v) is 4.63. The lowest BCUT2D eigenvalue weighted by atomic mass is 10.1. The van der Waals surface area contributed by atoms with Crippen molar-refractivity contribution in [1.29, 1.82) is 10.5 Å². The van der Waals surface area contributed by atoms with Crippen LogP contribution in [0.3, 0.4) is 0 Å². The summed E-state index contributed by atoms with van der Waals surface area (Å²) in [6, 6.07) is 3.61. The largest absolute Gasteiger partial charge is 0.281 e. The Morgan fingerprint density at radius 2 is 2.13 bits per heavy atom. The summed E-state index contributed by atoms with van der Waals surface area (Å²) in [6.07, 6.45) is -1.64. The molecule has 1 rings (SSSR count). The second kappa shape index (κ2) is 4.81. The van der Waals surface area contributed by atoms with E-state index in [0.717, 1.165) is 6.20 Å². The molecule has 0 aromatic carbocycles. The van der Waals surface area contributed by atoms with Crippen molar-refractivity contribution in [3.8, 4) is 12.1 Å². The molecule has 0 saturated carbocycles. The summed E-state index contributed by atoms with van der Waals surface area (Å²) >= 11 is 2.89. The van der Waals surface area contributed by atoms with E-state index in [9.17, 15) is 8.78 Å². The van der Waals surface area contributed by atoms with Crippen LogP contribution >= 0.6 is 15.9 Å². The Labute approximate surface area is 93.1 Å². The Bertz CT molecular complexity index is 460. The molecular formula is C9H4BrF2N3. The molecule has 0 aliphatic heterocycles. The van der Waals surface area contributed by atoms with E-state index in [0.29, 0.717) is 5.56 Å². The van der Waals surface area contributed by atoms with E-state index in [-0.39, 0.29) is 16.5 Å². The molecule has 0 radical (unpaired) electrons. The van der Waals surface area contributed by atoms with Crippen LogP contribution in [-0.4, -0.2) is 4.98 Å². The van der Waals surface area contributed by atoms with Crippen molar-refractivity contribution in [2.45, 2.75) is 12.8 Å². The Kier molecular flexibility index (Phi) is 3.70. The van der Waals surface area contributed by atoms with Gasteiger partial charge in [-0.15, -0.1) is 0 Å². The second-order valence-electron chi connectivity index (χ2n) is 2.61. The monoisotopic (exact) mass is 271 g/mol. The van der Waals surface area contributed by atoms with Gasteiger partial charge in [0.2, 0.25) is 0 Å². The first-order valence-electron chi connectivity index (χ1n) is 3.84. The highest BCUT2D eigenvalue weighted by Crippen LogP contribution is 2.29. The van der Waals surface area contributed by atoms with Crippen molar-refractivity contribution in [1.82, 2.24) is 4.98 Å². The second-order valence-corrected chi connectivity index (χ2v) is 3.40. The first-order chi connectivity index (χ1) is 7.11. The summed E-state index contributed by atoms with van der Waals surface area (Å²) in [7, 11) is 0. The van der Waals surface area contributed by atoms with Crippen LogP contribution in [0.4, 0.5) is 8.78 Å². The van der Waals surface area contributed by atoms with Crippen LogP contribution < -0.4 is 0 Å². The molecule has 1 aromatic rings. The third kappa shape index (κ3) is 2.28. The number of pyridine rings is 1. The Balaban J connectivity index is 3.35. The van der Waals surface area contributed by atoms with E-state index >= 15 is 0 Å². The van der Waals surface area contributed by atoms with Crippen LogP contribution in [0.2, 0.25) is 0 Å². The molecule has 0 saturated heterocycles. The average molecular weight is 272 g/mol. The van der Waals surface area contributed by atoms with Gasteiger partial charge < -0.3 is 0 Å². The van der Waals surface area contributed by atoms with Crippen LogP contribution in [0.5, 0.6) is 0 Å². The van der Waals surface area contributed by atoms with Crippen molar-refractivity contribution < 1.29 is 8.78 Å². The molecule has 0 aliphatic rings. The standard InChI is InChI=1S/C9H4BrF2N3/c10-7-6(3-14)5(1-2-13)4-15-8(7)9(11)12/h4,9H,1H2. The maximum Gasteiger partial charge on any atom is 0.281 e. The molecule has 0 aliphatic carbocycles. The van der Waals surface area contributed by atoms with Crippen molar-refractivity contribution in [3.63, 3.8) is 0 Å². The van der Waals surface area contributed by atoms with Gasteiger partial charge in [0.15, 0.2) is 0 Å². The lowest BCUT2D eigenvalue weighted by Crippen LogP contribution is -1.99. The maximum absolute atomic E-state index is 12.4. The Morgan fingerprint density at radius 1 is 1.47 bits per heavy atom. The fourth-order valence-electron chi connectivity index (χ4n) is 1.03. The zero-order valence-electron chi connectivity index (χ0n) is 7.34. The summed E-state index contributed by atoms with van der Waals surface area (Å²) in [5, 5.41) is 17.2. The van der Waals surface area contributed by atoms with Gasteiger partial charge in [-0.2, -0.15) is 10.5 Å². The highest BCUT2D eigenvalue weighted by molar-refractivity contribution is 9.10. The smallest absolute Gasteiger partial charge is 0.254 e. The van der Waals surface area contributed by atoms with Gasteiger partial charge in [0.05, 0.1) is 22.5 Å². The third-order valence-corrected chi connectivity index (χ3v) is 2.52. The summed E-state index contributed by atoms with van der Waals surface area (Å²) in [5.74, 6) is 0. The predicted molar refractivity (Wildman–Crippen MR) is 50.9 cm³/mol. The van der Waals surface area contributed by atoms with Gasteiger partial charge in [0.25, 0.3) is 6.43 Å². The number of hydrogen-bond acceptors (Lipinski definition) is 3. The minimum atomic E-state index is -2.75. The molecule has 0 fully saturated rings. The van der Waals surface area contributed by atoms with Gasteiger partial charge in [-0.05, 0) is 15.9 Å². The zero-order chi connectivity index (χ0) is 11.4. The first kappa shape index (κ1) is 11.5. The average Bonchev–Trinajstić information content (AvgIpc) is 2.18. The van der Waals surface area contributed by atoms with Crippen LogP contribution in [0.25, 0.3) is 0 Å². The number of aromatic nitrogens is 1. The van der Waals surface area contributed by atoms with Crippen LogP contribution in [-0.2, 0) is 6.42 Å². The highest BCUT2D eigenvalue weighted by atomic mass is 79.9. The molecule has 0 bridgehead atoms. The van der Waals surface area contributed by atoms with E-state index in [2.05, 4.69) is 20.9 Å². The highest BCUT2D eigenvalue weighted by Gasteiger charge is 2.18. The molecule has 0 atom stereocenters. The molecule has 0 spiro atoms.